The SMILES string of the molecule is Cc1csc(=Nc2c(C)n(C)n(-c3ccccc3)c2=O)n1C1CC1. The van der Waals surface area contributed by atoms with Gasteiger partial charge in [0, 0.05) is 24.2 Å². The van der Waals surface area contributed by atoms with Gasteiger partial charge in [-0.3, -0.25) is 9.48 Å². The molecule has 0 bridgehead atoms. The summed E-state index contributed by atoms with van der Waals surface area (Å²) >= 11 is 1.61. The van der Waals surface area contributed by atoms with E-state index in [0.29, 0.717) is 11.7 Å². The second kappa shape index (κ2) is 5.63. The molecule has 0 amide bonds. The summed E-state index contributed by atoms with van der Waals surface area (Å²) in [7, 11) is 1.90. The standard InChI is InChI=1S/C18H20N4OS/c1-12-11-24-18(21(12)14-9-10-14)19-16-13(2)20(3)22(17(16)23)15-7-5-4-6-8-15/h4-8,11,14H,9-10H2,1-3H3. The van der Waals surface area contributed by atoms with E-state index in [0.717, 1.165) is 16.2 Å². The van der Waals surface area contributed by atoms with Gasteiger partial charge >= 0.3 is 0 Å². The highest BCUT2D eigenvalue weighted by Gasteiger charge is 2.26. The summed E-state index contributed by atoms with van der Waals surface area (Å²) in [5.74, 6) is 0. The lowest BCUT2D eigenvalue weighted by molar-refractivity contribution is 0.630. The van der Waals surface area contributed by atoms with Gasteiger partial charge in [0.05, 0.1) is 11.4 Å². The zero-order valence-electron chi connectivity index (χ0n) is 14.1. The molecule has 4 rings (SSSR count). The highest BCUT2D eigenvalue weighted by atomic mass is 32.1. The Morgan fingerprint density at radius 3 is 2.54 bits per heavy atom. The maximum Gasteiger partial charge on any atom is 0.297 e. The van der Waals surface area contributed by atoms with Crippen LogP contribution in [0.25, 0.3) is 5.69 Å². The summed E-state index contributed by atoms with van der Waals surface area (Å²) in [5, 5.41) is 2.12. The fourth-order valence-electron chi connectivity index (χ4n) is 3.04. The minimum Gasteiger partial charge on any atom is -0.318 e. The maximum absolute atomic E-state index is 13.0. The number of hydrogen-bond donors (Lipinski definition) is 0. The molecule has 1 fully saturated rings. The molecule has 6 heteroatoms. The number of nitrogens with zero attached hydrogens (tertiary/aromatic N) is 4. The summed E-state index contributed by atoms with van der Waals surface area (Å²) in [4.78, 5) is 18.6. The number of thiazole rings is 1. The first-order valence-electron chi connectivity index (χ1n) is 8.13. The Morgan fingerprint density at radius 1 is 1.17 bits per heavy atom. The Kier molecular flexibility index (Phi) is 3.57. The molecule has 3 aromatic rings. The number of para-hydroxylation sites is 1. The maximum atomic E-state index is 13.0. The summed E-state index contributed by atoms with van der Waals surface area (Å²) < 4.78 is 5.82. The van der Waals surface area contributed by atoms with Crippen molar-refractivity contribution >= 4 is 17.0 Å². The Bertz CT molecular complexity index is 1020. The lowest BCUT2D eigenvalue weighted by Crippen LogP contribution is -2.20. The molecule has 1 aliphatic carbocycles. The van der Waals surface area contributed by atoms with Gasteiger partial charge in [-0.15, -0.1) is 11.3 Å². The number of rotatable bonds is 3. The summed E-state index contributed by atoms with van der Waals surface area (Å²) in [6.45, 7) is 4.05. The Hall–Kier alpha value is -2.34. The van der Waals surface area contributed by atoms with Gasteiger partial charge in [0.2, 0.25) is 0 Å². The van der Waals surface area contributed by atoms with Gasteiger partial charge in [-0.2, -0.15) is 0 Å². The zero-order chi connectivity index (χ0) is 16.8. The molecule has 0 aliphatic heterocycles. The molecule has 0 N–H and O–H groups in total. The summed E-state index contributed by atoms with van der Waals surface area (Å²) in [6, 6.07) is 10.2. The van der Waals surface area contributed by atoms with Gasteiger partial charge in [0.15, 0.2) is 10.5 Å². The Labute approximate surface area is 144 Å². The quantitative estimate of drug-likeness (QED) is 0.722. The Balaban J connectivity index is 1.92. The number of benzene rings is 1. The first-order chi connectivity index (χ1) is 11.6. The molecule has 1 aliphatic rings. The molecular weight excluding hydrogens is 320 g/mol. The molecule has 0 radical (unpaired) electrons. The van der Waals surface area contributed by atoms with Gasteiger partial charge < -0.3 is 4.57 Å². The van der Waals surface area contributed by atoms with Crippen molar-refractivity contribution in [3.05, 3.63) is 62.3 Å². The normalized spacial score (nSPS) is 15.2. The molecule has 0 spiro atoms. The highest BCUT2D eigenvalue weighted by molar-refractivity contribution is 7.07. The fourth-order valence-corrected chi connectivity index (χ4v) is 3.98. The molecule has 0 saturated heterocycles. The predicted molar refractivity (Wildman–Crippen MR) is 96.3 cm³/mol. The van der Waals surface area contributed by atoms with E-state index in [1.54, 1.807) is 16.0 Å². The van der Waals surface area contributed by atoms with Crippen molar-refractivity contribution < 1.29 is 0 Å². The van der Waals surface area contributed by atoms with Crippen LogP contribution >= 0.6 is 11.3 Å². The molecule has 5 nitrogen and oxygen atoms in total. The lowest BCUT2D eigenvalue weighted by atomic mass is 10.3. The number of hydrogen-bond acceptors (Lipinski definition) is 3. The van der Waals surface area contributed by atoms with Crippen LogP contribution in [0.2, 0.25) is 0 Å². The van der Waals surface area contributed by atoms with E-state index in [1.807, 2.05) is 49.0 Å². The van der Waals surface area contributed by atoms with E-state index >= 15 is 0 Å². The van der Waals surface area contributed by atoms with Gasteiger partial charge in [-0.25, -0.2) is 9.67 Å². The average molecular weight is 340 g/mol. The molecule has 124 valence electrons. The highest BCUT2D eigenvalue weighted by Crippen LogP contribution is 2.35. The van der Waals surface area contributed by atoms with Gasteiger partial charge in [0.1, 0.15) is 0 Å². The number of aryl methyl sites for hydroxylation is 1. The van der Waals surface area contributed by atoms with Crippen LogP contribution in [-0.2, 0) is 7.05 Å². The van der Waals surface area contributed by atoms with Crippen molar-refractivity contribution in [3.8, 4) is 5.69 Å². The molecular formula is C18H20N4OS. The molecule has 24 heavy (non-hydrogen) atoms. The smallest absolute Gasteiger partial charge is 0.297 e. The molecule has 0 unspecified atom stereocenters. The first kappa shape index (κ1) is 15.2. The van der Waals surface area contributed by atoms with Crippen LogP contribution < -0.4 is 10.4 Å². The van der Waals surface area contributed by atoms with Crippen LogP contribution in [0.4, 0.5) is 5.69 Å². The van der Waals surface area contributed by atoms with Gasteiger partial charge in [0.25, 0.3) is 5.56 Å². The van der Waals surface area contributed by atoms with E-state index in [2.05, 4.69) is 16.9 Å². The predicted octanol–water partition coefficient (Wildman–Crippen LogP) is 3.22. The van der Waals surface area contributed by atoms with Crippen molar-refractivity contribution in [2.75, 3.05) is 0 Å². The third-order valence-electron chi connectivity index (χ3n) is 4.56. The van der Waals surface area contributed by atoms with E-state index in [-0.39, 0.29) is 5.56 Å². The second-order valence-electron chi connectivity index (χ2n) is 6.28. The van der Waals surface area contributed by atoms with Crippen LogP contribution in [0.15, 0.2) is 45.5 Å². The van der Waals surface area contributed by atoms with Crippen molar-refractivity contribution in [1.29, 1.82) is 0 Å². The number of aromatic nitrogens is 3. The van der Waals surface area contributed by atoms with E-state index in [1.165, 1.54) is 18.5 Å². The summed E-state index contributed by atoms with van der Waals surface area (Å²) in [5.41, 5.74) is 3.40. The minimum absolute atomic E-state index is 0.0744. The monoisotopic (exact) mass is 340 g/mol. The van der Waals surface area contributed by atoms with Crippen molar-refractivity contribution in [2.45, 2.75) is 32.7 Å². The van der Waals surface area contributed by atoms with Crippen LogP contribution in [0.3, 0.4) is 0 Å². The molecule has 0 atom stereocenters. The third-order valence-corrected chi connectivity index (χ3v) is 5.52. The zero-order valence-corrected chi connectivity index (χ0v) is 14.9. The molecule has 1 aromatic carbocycles. The van der Waals surface area contributed by atoms with Crippen molar-refractivity contribution in [2.24, 2.45) is 12.0 Å². The first-order valence-corrected chi connectivity index (χ1v) is 9.01. The third kappa shape index (κ3) is 2.38. The van der Waals surface area contributed by atoms with Crippen LogP contribution in [0.1, 0.15) is 30.3 Å². The molecule has 2 heterocycles. The van der Waals surface area contributed by atoms with Gasteiger partial charge in [-0.05, 0) is 38.8 Å². The Morgan fingerprint density at radius 2 is 1.88 bits per heavy atom. The largest absolute Gasteiger partial charge is 0.318 e. The van der Waals surface area contributed by atoms with Gasteiger partial charge in [-0.1, -0.05) is 18.2 Å². The topological polar surface area (TPSA) is 44.2 Å². The van der Waals surface area contributed by atoms with Crippen LogP contribution in [-0.4, -0.2) is 13.9 Å². The van der Waals surface area contributed by atoms with E-state index in [9.17, 15) is 4.79 Å². The van der Waals surface area contributed by atoms with Crippen molar-refractivity contribution in [1.82, 2.24) is 13.9 Å². The van der Waals surface area contributed by atoms with E-state index in [4.69, 9.17) is 4.99 Å². The minimum atomic E-state index is -0.0744. The van der Waals surface area contributed by atoms with E-state index < -0.39 is 0 Å². The molecule has 1 saturated carbocycles. The van der Waals surface area contributed by atoms with Crippen LogP contribution in [0, 0.1) is 13.8 Å². The summed E-state index contributed by atoms with van der Waals surface area (Å²) in [6.07, 6.45) is 2.40. The van der Waals surface area contributed by atoms with Crippen LogP contribution in [0.5, 0.6) is 0 Å². The second-order valence-corrected chi connectivity index (χ2v) is 7.12. The van der Waals surface area contributed by atoms with Crippen molar-refractivity contribution in [3.63, 3.8) is 0 Å². The molecule has 2 aromatic heterocycles. The average Bonchev–Trinajstić information content (AvgIpc) is 3.32. The lowest BCUT2D eigenvalue weighted by Gasteiger charge is -2.07. The fraction of sp³-hybridized carbons (Fsp3) is 0.333.